The van der Waals surface area contributed by atoms with Crippen molar-refractivity contribution < 1.29 is 4.39 Å². The Bertz CT molecular complexity index is 478. The highest BCUT2D eigenvalue weighted by atomic mass is 79.9. The van der Waals surface area contributed by atoms with E-state index in [4.69, 9.17) is 5.73 Å². The van der Waals surface area contributed by atoms with Gasteiger partial charge in [-0.25, -0.2) is 9.37 Å². The van der Waals surface area contributed by atoms with Crippen molar-refractivity contribution in [2.45, 2.75) is 0 Å². The Labute approximate surface area is 82.5 Å². The molecule has 0 spiro atoms. The van der Waals surface area contributed by atoms with Crippen LogP contribution in [0, 0.1) is 5.82 Å². The van der Waals surface area contributed by atoms with Crippen molar-refractivity contribution in [1.29, 1.82) is 0 Å². The summed E-state index contributed by atoms with van der Waals surface area (Å²) in [5.41, 5.74) is 6.99. The molecule has 3 nitrogen and oxygen atoms in total. The lowest BCUT2D eigenvalue weighted by Crippen LogP contribution is -1.94. The summed E-state index contributed by atoms with van der Waals surface area (Å²) >= 11 is 3.20. The molecule has 0 atom stereocenters. The number of rotatable bonds is 0. The molecule has 0 bridgehead atoms. The molecule has 0 unspecified atom stereocenters. The lowest BCUT2D eigenvalue weighted by atomic mass is 10.2. The number of anilines is 1. The van der Waals surface area contributed by atoms with Gasteiger partial charge in [0.15, 0.2) is 0 Å². The first kappa shape index (κ1) is 8.50. The van der Waals surface area contributed by atoms with Gasteiger partial charge in [-0.15, -0.1) is 0 Å². The molecule has 0 aliphatic rings. The Morgan fingerprint density at radius 2 is 2.31 bits per heavy atom. The molecule has 2 N–H and O–H groups in total. The summed E-state index contributed by atoms with van der Waals surface area (Å²) in [6, 6.07) is 1.38. The maximum atomic E-state index is 13.2. The van der Waals surface area contributed by atoms with E-state index in [1.807, 2.05) is 0 Å². The predicted octanol–water partition coefficient (Wildman–Crippen LogP) is 2.06. The van der Waals surface area contributed by atoms with Crippen molar-refractivity contribution in [3.05, 3.63) is 22.7 Å². The molecule has 0 amide bonds. The molecule has 0 saturated heterocycles. The lowest BCUT2D eigenvalue weighted by molar-refractivity contribution is 0.633. The predicted molar refractivity (Wildman–Crippen MR) is 52.8 cm³/mol. The Hall–Kier alpha value is -1.10. The number of fused-ring (bicyclic) bond motifs is 1. The molecule has 1 heterocycles. The minimum Gasteiger partial charge on any atom is -0.395 e. The summed E-state index contributed by atoms with van der Waals surface area (Å²) in [7, 11) is 1.80. The van der Waals surface area contributed by atoms with E-state index in [2.05, 4.69) is 20.9 Å². The van der Waals surface area contributed by atoms with Crippen LogP contribution in [0.3, 0.4) is 0 Å². The van der Waals surface area contributed by atoms with Crippen molar-refractivity contribution in [2.75, 3.05) is 5.73 Å². The highest BCUT2D eigenvalue weighted by molar-refractivity contribution is 9.10. The summed E-state index contributed by atoms with van der Waals surface area (Å²) in [5.74, 6) is -0.428. The SMILES string of the molecule is Cn1cnc2c(Br)c(N)c(F)cc21. The van der Waals surface area contributed by atoms with E-state index in [1.54, 1.807) is 17.9 Å². The van der Waals surface area contributed by atoms with E-state index >= 15 is 0 Å². The molecule has 5 heteroatoms. The van der Waals surface area contributed by atoms with Gasteiger partial charge in [0, 0.05) is 13.1 Å². The number of aromatic nitrogens is 2. The standard InChI is InChI=1S/C8H7BrFN3/c1-13-3-12-8-5(13)2-4(10)7(11)6(8)9/h2-3H,11H2,1H3. The molecule has 0 fully saturated rings. The number of imidazole rings is 1. The molecule has 2 aromatic rings. The highest BCUT2D eigenvalue weighted by Gasteiger charge is 2.11. The first-order valence-electron chi connectivity index (χ1n) is 3.65. The number of benzene rings is 1. The van der Waals surface area contributed by atoms with Crippen molar-refractivity contribution >= 4 is 32.7 Å². The third kappa shape index (κ3) is 1.11. The van der Waals surface area contributed by atoms with Crippen molar-refractivity contribution in [2.24, 2.45) is 7.05 Å². The molecule has 0 saturated carbocycles. The second kappa shape index (κ2) is 2.70. The van der Waals surface area contributed by atoms with E-state index < -0.39 is 5.82 Å². The molecular weight excluding hydrogens is 237 g/mol. The summed E-state index contributed by atoms with van der Waals surface area (Å²) in [4.78, 5) is 4.09. The van der Waals surface area contributed by atoms with E-state index in [-0.39, 0.29) is 5.69 Å². The molecule has 1 aromatic heterocycles. The topological polar surface area (TPSA) is 43.8 Å². The van der Waals surface area contributed by atoms with Crippen LogP contribution in [0.2, 0.25) is 0 Å². The van der Waals surface area contributed by atoms with Crippen LogP contribution in [0.5, 0.6) is 0 Å². The summed E-state index contributed by atoms with van der Waals surface area (Å²) in [6.45, 7) is 0. The molecule has 0 aliphatic heterocycles. The van der Waals surface area contributed by atoms with Crippen LogP contribution in [-0.2, 0) is 7.05 Å². The largest absolute Gasteiger partial charge is 0.395 e. The number of halogens is 2. The van der Waals surface area contributed by atoms with Gasteiger partial charge >= 0.3 is 0 Å². The van der Waals surface area contributed by atoms with E-state index in [1.165, 1.54) is 6.07 Å². The number of hydrogen-bond donors (Lipinski definition) is 1. The maximum Gasteiger partial charge on any atom is 0.149 e. The van der Waals surface area contributed by atoms with Crippen LogP contribution in [0.25, 0.3) is 11.0 Å². The second-order valence-electron chi connectivity index (χ2n) is 2.81. The number of nitrogens with zero attached hydrogens (tertiary/aromatic N) is 2. The molecule has 68 valence electrons. The third-order valence-electron chi connectivity index (χ3n) is 1.95. The Morgan fingerprint density at radius 1 is 1.62 bits per heavy atom. The zero-order chi connectivity index (χ0) is 9.59. The van der Waals surface area contributed by atoms with E-state index in [0.29, 0.717) is 9.99 Å². The molecule has 1 aromatic carbocycles. The first-order valence-corrected chi connectivity index (χ1v) is 4.45. The number of aryl methyl sites for hydroxylation is 1. The van der Waals surface area contributed by atoms with E-state index in [0.717, 1.165) is 5.52 Å². The molecule has 0 radical (unpaired) electrons. The third-order valence-corrected chi connectivity index (χ3v) is 2.75. The van der Waals surface area contributed by atoms with Crippen LogP contribution in [0.15, 0.2) is 16.9 Å². The number of nitrogen functional groups attached to an aromatic ring is 1. The van der Waals surface area contributed by atoms with Crippen molar-refractivity contribution in [3.63, 3.8) is 0 Å². The van der Waals surface area contributed by atoms with Gasteiger partial charge in [0.2, 0.25) is 0 Å². The summed E-state index contributed by atoms with van der Waals surface area (Å²) in [6.07, 6.45) is 1.62. The minimum absolute atomic E-state index is 0.103. The van der Waals surface area contributed by atoms with Gasteiger partial charge in [0.1, 0.15) is 11.3 Å². The minimum atomic E-state index is -0.428. The smallest absolute Gasteiger partial charge is 0.149 e. The lowest BCUT2D eigenvalue weighted by Gasteiger charge is -2.01. The van der Waals surface area contributed by atoms with Gasteiger partial charge in [-0.2, -0.15) is 0 Å². The highest BCUT2D eigenvalue weighted by Crippen LogP contribution is 2.30. The van der Waals surface area contributed by atoms with Crippen LogP contribution in [0.1, 0.15) is 0 Å². The zero-order valence-electron chi connectivity index (χ0n) is 6.88. The quantitative estimate of drug-likeness (QED) is 0.721. The van der Waals surface area contributed by atoms with Gasteiger partial charge in [-0.3, -0.25) is 0 Å². The average molecular weight is 244 g/mol. The van der Waals surface area contributed by atoms with Crippen LogP contribution >= 0.6 is 15.9 Å². The van der Waals surface area contributed by atoms with Gasteiger partial charge in [0.25, 0.3) is 0 Å². The number of hydrogen-bond acceptors (Lipinski definition) is 2. The first-order chi connectivity index (χ1) is 6.11. The Balaban J connectivity index is 2.96. The molecule has 2 rings (SSSR count). The second-order valence-corrected chi connectivity index (χ2v) is 3.60. The fourth-order valence-electron chi connectivity index (χ4n) is 1.21. The van der Waals surface area contributed by atoms with Gasteiger partial charge < -0.3 is 10.3 Å². The van der Waals surface area contributed by atoms with E-state index in [9.17, 15) is 4.39 Å². The van der Waals surface area contributed by atoms with Crippen LogP contribution < -0.4 is 5.73 Å². The fourth-order valence-corrected chi connectivity index (χ4v) is 1.70. The van der Waals surface area contributed by atoms with Gasteiger partial charge in [0.05, 0.1) is 22.0 Å². The Morgan fingerprint density at radius 3 is 3.00 bits per heavy atom. The summed E-state index contributed by atoms with van der Waals surface area (Å²) in [5, 5.41) is 0. The van der Waals surface area contributed by atoms with Crippen LogP contribution in [-0.4, -0.2) is 9.55 Å². The Kier molecular flexibility index (Phi) is 1.76. The zero-order valence-corrected chi connectivity index (χ0v) is 8.47. The number of nitrogens with two attached hydrogens (primary N) is 1. The molecule has 0 aliphatic carbocycles. The monoisotopic (exact) mass is 243 g/mol. The maximum absolute atomic E-state index is 13.2. The summed E-state index contributed by atoms with van der Waals surface area (Å²) < 4.78 is 15.4. The molecular formula is C8H7BrFN3. The normalized spacial score (nSPS) is 11.0. The fraction of sp³-hybridized carbons (Fsp3) is 0.125. The van der Waals surface area contributed by atoms with Crippen LogP contribution in [0.4, 0.5) is 10.1 Å². The molecule has 13 heavy (non-hydrogen) atoms. The average Bonchev–Trinajstić information content (AvgIpc) is 2.45. The van der Waals surface area contributed by atoms with Gasteiger partial charge in [-0.1, -0.05) is 0 Å². The van der Waals surface area contributed by atoms with Crippen molar-refractivity contribution in [1.82, 2.24) is 9.55 Å². The van der Waals surface area contributed by atoms with Crippen molar-refractivity contribution in [3.8, 4) is 0 Å². The van der Waals surface area contributed by atoms with Gasteiger partial charge in [-0.05, 0) is 15.9 Å².